The summed E-state index contributed by atoms with van der Waals surface area (Å²) in [5.74, 6) is -3.04. The third-order valence-electron chi connectivity index (χ3n) is 3.06. The van der Waals surface area contributed by atoms with Gasteiger partial charge in [-0.25, -0.2) is 13.2 Å². The number of halogens is 3. The number of hydrogen-bond acceptors (Lipinski definition) is 2. The third-order valence-corrected chi connectivity index (χ3v) is 4.19. The summed E-state index contributed by atoms with van der Waals surface area (Å²) in [5, 5.41) is 0. The van der Waals surface area contributed by atoms with Gasteiger partial charge in [0.25, 0.3) is 0 Å². The molecule has 1 aliphatic carbocycles. The highest BCUT2D eigenvalue weighted by Crippen LogP contribution is 2.37. The summed E-state index contributed by atoms with van der Waals surface area (Å²) in [7, 11) is 0. The van der Waals surface area contributed by atoms with Crippen LogP contribution in [0.25, 0.3) is 10.4 Å². The van der Waals surface area contributed by atoms with Crippen LogP contribution in [0.15, 0.2) is 24.3 Å². The first-order chi connectivity index (χ1) is 9.06. The molecule has 1 aromatic heterocycles. The van der Waals surface area contributed by atoms with Gasteiger partial charge in [-0.2, -0.15) is 0 Å². The molecule has 5 heteroatoms. The maximum absolute atomic E-state index is 13.6. The highest BCUT2D eigenvalue weighted by Gasteiger charge is 2.31. The average molecular weight is 282 g/mol. The molecule has 1 heterocycles. The smallest absolute Gasteiger partial charge is 0.175 e. The molecule has 0 amide bonds. The van der Waals surface area contributed by atoms with Gasteiger partial charge in [-0.1, -0.05) is 0 Å². The molecule has 1 saturated carbocycles. The van der Waals surface area contributed by atoms with Gasteiger partial charge in [0, 0.05) is 22.4 Å². The Morgan fingerprint density at radius 1 is 1.16 bits per heavy atom. The maximum atomic E-state index is 13.6. The van der Waals surface area contributed by atoms with Gasteiger partial charge >= 0.3 is 0 Å². The second kappa shape index (κ2) is 4.49. The molecule has 1 nitrogen and oxygen atoms in total. The van der Waals surface area contributed by atoms with Crippen molar-refractivity contribution in [1.29, 1.82) is 0 Å². The average Bonchev–Trinajstić information content (AvgIpc) is 3.10. The van der Waals surface area contributed by atoms with E-state index in [9.17, 15) is 18.0 Å². The highest BCUT2D eigenvalue weighted by molar-refractivity contribution is 7.17. The van der Waals surface area contributed by atoms with Crippen molar-refractivity contribution in [1.82, 2.24) is 0 Å². The van der Waals surface area contributed by atoms with Crippen LogP contribution in [-0.2, 0) is 0 Å². The van der Waals surface area contributed by atoms with E-state index in [-0.39, 0.29) is 17.3 Å². The van der Waals surface area contributed by atoms with Crippen LogP contribution in [0.2, 0.25) is 0 Å². The summed E-state index contributed by atoms with van der Waals surface area (Å²) in [6.45, 7) is 0. The lowest BCUT2D eigenvalue weighted by Crippen LogP contribution is -1.96. The van der Waals surface area contributed by atoms with Crippen molar-refractivity contribution in [3.05, 3.63) is 46.6 Å². The van der Waals surface area contributed by atoms with Crippen molar-refractivity contribution >= 4 is 17.1 Å². The van der Waals surface area contributed by atoms with E-state index in [2.05, 4.69) is 0 Å². The predicted octanol–water partition coefficient (Wildman–Crippen LogP) is 4.43. The van der Waals surface area contributed by atoms with Gasteiger partial charge in [-0.05, 0) is 31.0 Å². The van der Waals surface area contributed by atoms with Crippen LogP contribution in [0.4, 0.5) is 13.2 Å². The summed E-state index contributed by atoms with van der Waals surface area (Å²) < 4.78 is 39.9. The Hall–Kier alpha value is -1.62. The van der Waals surface area contributed by atoms with Gasteiger partial charge in [-0.3, -0.25) is 4.79 Å². The SMILES string of the molecule is O=C(c1ccc(-c2cc(F)cc(F)c2F)s1)C1CC1. The Morgan fingerprint density at radius 3 is 2.58 bits per heavy atom. The predicted molar refractivity (Wildman–Crippen MR) is 66.7 cm³/mol. The quantitative estimate of drug-likeness (QED) is 0.601. The van der Waals surface area contributed by atoms with Crippen LogP contribution in [0.1, 0.15) is 22.5 Å². The van der Waals surface area contributed by atoms with Crippen LogP contribution in [0.5, 0.6) is 0 Å². The topological polar surface area (TPSA) is 17.1 Å². The molecule has 1 aliphatic rings. The van der Waals surface area contributed by atoms with E-state index in [1.807, 2.05) is 0 Å². The molecule has 0 aliphatic heterocycles. The van der Waals surface area contributed by atoms with Crippen LogP contribution < -0.4 is 0 Å². The van der Waals surface area contributed by atoms with Crippen LogP contribution >= 0.6 is 11.3 Å². The van der Waals surface area contributed by atoms with E-state index in [0.717, 1.165) is 30.2 Å². The summed E-state index contributed by atoms with van der Waals surface area (Å²) in [6, 6.07) is 4.55. The summed E-state index contributed by atoms with van der Waals surface area (Å²) in [5.41, 5.74) is -0.141. The zero-order valence-corrected chi connectivity index (χ0v) is 10.6. The van der Waals surface area contributed by atoms with E-state index in [0.29, 0.717) is 15.8 Å². The van der Waals surface area contributed by atoms with E-state index < -0.39 is 17.5 Å². The lowest BCUT2D eigenvalue weighted by Gasteiger charge is -2.01. The zero-order valence-electron chi connectivity index (χ0n) is 9.75. The van der Waals surface area contributed by atoms with Crippen LogP contribution in [0.3, 0.4) is 0 Å². The van der Waals surface area contributed by atoms with Crippen molar-refractivity contribution in [3.63, 3.8) is 0 Å². The van der Waals surface area contributed by atoms with Gasteiger partial charge in [0.05, 0.1) is 4.88 Å². The molecular weight excluding hydrogens is 273 g/mol. The molecular formula is C14H9F3OS. The van der Waals surface area contributed by atoms with Gasteiger partial charge in [0.15, 0.2) is 17.4 Å². The highest BCUT2D eigenvalue weighted by atomic mass is 32.1. The zero-order chi connectivity index (χ0) is 13.6. The molecule has 0 N–H and O–H groups in total. The fourth-order valence-electron chi connectivity index (χ4n) is 1.90. The van der Waals surface area contributed by atoms with Gasteiger partial charge < -0.3 is 0 Å². The molecule has 0 radical (unpaired) electrons. The normalized spacial score (nSPS) is 14.7. The Morgan fingerprint density at radius 2 is 1.89 bits per heavy atom. The Balaban J connectivity index is 2.00. The number of Topliss-reactive ketones (excluding diaryl/α,β-unsaturated/α-hetero) is 1. The van der Waals surface area contributed by atoms with E-state index >= 15 is 0 Å². The van der Waals surface area contributed by atoms with Gasteiger partial charge in [-0.15, -0.1) is 11.3 Å². The van der Waals surface area contributed by atoms with E-state index in [1.165, 1.54) is 6.07 Å². The Labute approximate surface area is 111 Å². The second-order valence-electron chi connectivity index (χ2n) is 4.55. The summed E-state index contributed by atoms with van der Waals surface area (Å²) in [4.78, 5) is 12.7. The van der Waals surface area contributed by atoms with Gasteiger partial charge in [0.2, 0.25) is 0 Å². The summed E-state index contributed by atoms with van der Waals surface area (Å²) in [6.07, 6.45) is 1.77. The van der Waals surface area contributed by atoms with Crippen LogP contribution in [-0.4, -0.2) is 5.78 Å². The fraction of sp³-hybridized carbons (Fsp3) is 0.214. The molecule has 1 fully saturated rings. The molecule has 98 valence electrons. The molecule has 0 atom stereocenters. The number of benzene rings is 1. The van der Waals surface area contributed by atoms with Crippen molar-refractivity contribution in [2.75, 3.05) is 0 Å². The van der Waals surface area contributed by atoms with E-state index in [4.69, 9.17) is 0 Å². The first-order valence-electron chi connectivity index (χ1n) is 5.85. The molecule has 19 heavy (non-hydrogen) atoms. The Kier molecular flexibility index (Phi) is 2.93. The molecule has 0 unspecified atom stereocenters. The number of rotatable bonds is 3. The molecule has 3 rings (SSSR count). The lowest BCUT2D eigenvalue weighted by molar-refractivity contribution is 0.0971. The number of thiophene rings is 1. The second-order valence-corrected chi connectivity index (χ2v) is 5.64. The first-order valence-corrected chi connectivity index (χ1v) is 6.67. The van der Waals surface area contributed by atoms with E-state index in [1.54, 1.807) is 6.07 Å². The van der Waals surface area contributed by atoms with Crippen molar-refractivity contribution in [2.24, 2.45) is 5.92 Å². The minimum absolute atomic E-state index is 0.0357. The van der Waals surface area contributed by atoms with Crippen LogP contribution in [0, 0.1) is 23.4 Å². The Bertz CT molecular complexity index is 659. The third kappa shape index (κ3) is 2.30. The molecule has 0 saturated heterocycles. The number of ketones is 1. The molecule has 2 aromatic rings. The van der Waals surface area contributed by atoms with Gasteiger partial charge in [0.1, 0.15) is 5.82 Å². The number of hydrogen-bond donors (Lipinski definition) is 0. The largest absolute Gasteiger partial charge is 0.293 e. The standard InChI is InChI=1S/C14H9F3OS/c15-8-5-9(13(17)10(16)6-8)11-3-4-12(19-11)14(18)7-1-2-7/h3-7H,1-2H2. The van der Waals surface area contributed by atoms with Crippen molar-refractivity contribution in [3.8, 4) is 10.4 Å². The minimum atomic E-state index is -1.22. The maximum Gasteiger partial charge on any atom is 0.175 e. The van der Waals surface area contributed by atoms with Crippen molar-refractivity contribution < 1.29 is 18.0 Å². The molecule has 0 spiro atoms. The minimum Gasteiger partial charge on any atom is -0.293 e. The summed E-state index contributed by atoms with van der Waals surface area (Å²) >= 11 is 1.07. The first kappa shape index (κ1) is 12.4. The number of carbonyl (C=O) groups is 1. The lowest BCUT2D eigenvalue weighted by atomic mass is 10.1. The fourth-order valence-corrected chi connectivity index (χ4v) is 2.93. The molecule has 0 bridgehead atoms. The monoisotopic (exact) mass is 282 g/mol. The molecule has 1 aromatic carbocycles. The number of carbonyl (C=O) groups excluding carboxylic acids is 1. The van der Waals surface area contributed by atoms with Crippen molar-refractivity contribution in [2.45, 2.75) is 12.8 Å².